The Morgan fingerprint density at radius 1 is 1.43 bits per heavy atom. The van der Waals surface area contributed by atoms with Gasteiger partial charge in [-0.2, -0.15) is 0 Å². The zero-order chi connectivity index (χ0) is 10.2. The maximum atomic E-state index is 10.8. The van der Waals surface area contributed by atoms with Crippen LogP contribution in [0.4, 0.5) is 0 Å². The molecule has 0 radical (unpaired) electrons. The van der Waals surface area contributed by atoms with Crippen LogP contribution in [0.2, 0.25) is 0 Å². The Hall–Kier alpha value is -0.610. The third kappa shape index (κ3) is 2.25. The van der Waals surface area contributed by atoms with Crippen LogP contribution in [-0.4, -0.2) is 36.5 Å². The average molecular weight is 200 g/mol. The van der Waals surface area contributed by atoms with Crippen molar-refractivity contribution in [2.75, 3.05) is 13.2 Å². The van der Waals surface area contributed by atoms with Gasteiger partial charge < -0.3 is 14.6 Å². The van der Waals surface area contributed by atoms with Gasteiger partial charge in [0.25, 0.3) is 0 Å². The fourth-order valence-corrected chi connectivity index (χ4v) is 1.81. The monoisotopic (exact) mass is 200 g/mol. The van der Waals surface area contributed by atoms with Crippen molar-refractivity contribution in [2.24, 2.45) is 5.41 Å². The molecule has 3 atom stereocenters. The number of hydrogen-bond donors (Lipinski definition) is 1. The predicted molar refractivity (Wildman–Crippen MR) is 49.1 cm³/mol. The number of aliphatic carboxylic acids is 1. The van der Waals surface area contributed by atoms with Crippen molar-refractivity contribution in [1.29, 1.82) is 0 Å². The second kappa shape index (κ2) is 3.51. The van der Waals surface area contributed by atoms with Gasteiger partial charge in [-0.3, -0.25) is 4.79 Å². The first-order chi connectivity index (χ1) is 6.62. The number of hydrogen-bond acceptors (Lipinski definition) is 3. The molecule has 1 aliphatic carbocycles. The summed E-state index contributed by atoms with van der Waals surface area (Å²) < 4.78 is 9.76. The van der Waals surface area contributed by atoms with E-state index in [-0.39, 0.29) is 6.10 Å². The van der Waals surface area contributed by atoms with E-state index < -0.39 is 11.4 Å². The maximum Gasteiger partial charge on any atom is 0.309 e. The van der Waals surface area contributed by atoms with E-state index in [1.807, 2.05) is 6.92 Å². The Morgan fingerprint density at radius 2 is 2.07 bits per heavy atom. The van der Waals surface area contributed by atoms with Gasteiger partial charge in [0.15, 0.2) is 0 Å². The molecule has 3 aliphatic rings. The minimum atomic E-state index is -0.675. The Bertz CT molecular complexity index is 236. The van der Waals surface area contributed by atoms with Crippen LogP contribution in [0.1, 0.15) is 26.2 Å². The molecular formula is C10H16O4. The molecule has 1 N–H and O–H groups in total. The van der Waals surface area contributed by atoms with Crippen molar-refractivity contribution < 1.29 is 19.4 Å². The van der Waals surface area contributed by atoms with Crippen molar-refractivity contribution in [1.82, 2.24) is 0 Å². The molecule has 0 aromatic rings. The molecule has 1 saturated carbocycles. The molecule has 2 aliphatic heterocycles. The number of epoxide rings is 2. The maximum absolute atomic E-state index is 10.8. The molecule has 0 amide bonds. The van der Waals surface area contributed by atoms with Crippen LogP contribution in [-0.2, 0) is 14.3 Å². The van der Waals surface area contributed by atoms with Gasteiger partial charge >= 0.3 is 5.97 Å². The largest absolute Gasteiger partial charge is 0.481 e. The van der Waals surface area contributed by atoms with Gasteiger partial charge in [-0.05, 0) is 26.2 Å². The molecule has 3 rings (SSSR count). The highest BCUT2D eigenvalue weighted by molar-refractivity contribution is 5.74. The van der Waals surface area contributed by atoms with E-state index in [1.54, 1.807) is 0 Å². The average Bonchev–Trinajstić information content (AvgIpc) is 3.00. The van der Waals surface area contributed by atoms with Gasteiger partial charge in [0.1, 0.15) is 0 Å². The highest BCUT2D eigenvalue weighted by Gasteiger charge is 2.51. The van der Waals surface area contributed by atoms with E-state index in [1.165, 1.54) is 0 Å². The highest BCUT2D eigenvalue weighted by Crippen LogP contribution is 2.46. The number of fused-ring (bicyclic) bond motifs is 1. The second-order valence-corrected chi connectivity index (χ2v) is 4.43. The van der Waals surface area contributed by atoms with Crippen LogP contribution >= 0.6 is 0 Å². The third-order valence-electron chi connectivity index (χ3n) is 3.04. The molecule has 2 saturated heterocycles. The van der Waals surface area contributed by atoms with E-state index in [0.717, 1.165) is 26.1 Å². The van der Waals surface area contributed by atoms with Crippen molar-refractivity contribution in [3.63, 3.8) is 0 Å². The second-order valence-electron chi connectivity index (χ2n) is 4.43. The van der Waals surface area contributed by atoms with Gasteiger partial charge in [0, 0.05) is 0 Å². The third-order valence-corrected chi connectivity index (χ3v) is 3.04. The lowest BCUT2D eigenvalue weighted by Crippen LogP contribution is -2.32. The normalized spacial score (nSPS) is 42.9. The molecular weight excluding hydrogens is 184 g/mol. The molecule has 0 spiro atoms. The fourth-order valence-electron chi connectivity index (χ4n) is 1.81. The molecule has 0 aromatic heterocycles. The van der Waals surface area contributed by atoms with Gasteiger partial charge in [-0.25, -0.2) is 0 Å². The van der Waals surface area contributed by atoms with Crippen molar-refractivity contribution >= 4 is 5.97 Å². The van der Waals surface area contributed by atoms with Gasteiger partial charge in [-0.1, -0.05) is 0 Å². The molecule has 14 heavy (non-hydrogen) atoms. The molecule has 4 nitrogen and oxygen atoms in total. The van der Waals surface area contributed by atoms with E-state index in [0.29, 0.717) is 12.5 Å². The summed E-state index contributed by atoms with van der Waals surface area (Å²) >= 11 is 0. The Balaban J connectivity index is 0.000000214. The molecule has 0 aromatic carbocycles. The Kier molecular flexibility index (Phi) is 2.49. The standard InChI is InChI=1S/C8H12O3.C2H4O/c1-8(7(9)10)3-2-5-6(4-8)11-5;1-2-3-1/h5-6H,2-4H2,1H3,(H,9,10);1-2H2. The SMILES string of the molecule is C1CO1.CC1(C(=O)O)CCC2OC2C1. The fraction of sp³-hybridized carbons (Fsp3) is 0.900. The first kappa shape index (κ1) is 9.93. The number of carboxylic acids is 1. The van der Waals surface area contributed by atoms with E-state index in [4.69, 9.17) is 9.84 Å². The van der Waals surface area contributed by atoms with Crippen LogP contribution in [0.3, 0.4) is 0 Å². The Labute approximate surface area is 83.2 Å². The molecule has 80 valence electrons. The summed E-state index contributed by atoms with van der Waals surface area (Å²) in [5.74, 6) is -0.675. The number of rotatable bonds is 1. The van der Waals surface area contributed by atoms with Gasteiger partial charge in [-0.15, -0.1) is 0 Å². The number of carboxylic acid groups (broad SMARTS) is 1. The lowest BCUT2D eigenvalue weighted by molar-refractivity contribution is -0.149. The summed E-state index contributed by atoms with van der Waals surface area (Å²) in [5, 5.41) is 8.88. The van der Waals surface area contributed by atoms with Gasteiger partial charge in [0.05, 0.1) is 30.8 Å². The van der Waals surface area contributed by atoms with E-state index >= 15 is 0 Å². The molecule has 2 heterocycles. The van der Waals surface area contributed by atoms with E-state index in [9.17, 15) is 4.79 Å². The molecule has 3 unspecified atom stereocenters. The lowest BCUT2D eigenvalue weighted by Gasteiger charge is -2.26. The van der Waals surface area contributed by atoms with E-state index in [2.05, 4.69) is 4.74 Å². The van der Waals surface area contributed by atoms with Gasteiger partial charge in [0.2, 0.25) is 0 Å². The summed E-state index contributed by atoms with van der Waals surface area (Å²) in [6.45, 7) is 3.81. The van der Waals surface area contributed by atoms with Crippen LogP contribution in [0.25, 0.3) is 0 Å². The van der Waals surface area contributed by atoms with Crippen LogP contribution in [0.5, 0.6) is 0 Å². The van der Waals surface area contributed by atoms with Crippen molar-refractivity contribution in [3.05, 3.63) is 0 Å². The molecule has 0 bridgehead atoms. The minimum Gasteiger partial charge on any atom is -0.481 e. The van der Waals surface area contributed by atoms with Crippen LogP contribution < -0.4 is 0 Å². The first-order valence-corrected chi connectivity index (χ1v) is 5.08. The number of ether oxygens (including phenoxy) is 2. The zero-order valence-electron chi connectivity index (χ0n) is 8.36. The first-order valence-electron chi connectivity index (χ1n) is 5.08. The summed E-state index contributed by atoms with van der Waals surface area (Å²) in [6.07, 6.45) is 3.04. The predicted octanol–water partition coefficient (Wildman–Crippen LogP) is 1.05. The summed E-state index contributed by atoms with van der Waals surface area (Å²) in [4.78, 5) is 10.8. The van der Waals surface area contributed by atoms with Crippen molar-refractivity contribution in [3.8, 4) is 0 Å². The lowest BCUT2D eigenvalue weighted by atomic mass is 9.76. The summed E-state index contributed by atoms with van der Waals surface area (Å²) in [5.41, 5.74) is -0.516. The zero-order valence-corrected chi connectivity index (χ0v) is 8.36. The highest BCUT2D eigenvalue weighted by atomic mass is 16.6. The Morgan fingerprint density at radius 3 is 2.50 bits per heavy atom. The molecule has 4 heteroatoms. The van der Waals surface area contributed by atoms with Crippen LogP contribution in [0.15, 0.2) is 0 Å². The topological polar surface area (TPSA) is 62.4 Å². The van der Waals surface area contributed by atoms with Crippen LogP contribution in [0, 0.1) is 5.41 Å². The number of carbonyl (C=O) groups is 1. The minimum absolute atomic E-state index is 0.254. The quantitative estimate of drug-likeness (QED) is 0.642. The van der Waals surface area contributed by atoms with Crippen molar-refractivity contribution in [2.45, 2.75) is 38.4 Å². The smallest absolute Gasteiger partial charge is 0.309 e. The molecule has 3 fully saturated rings. The summed E-state index contributed by atoms with van der Waals surface area (Å²) in [6, 6.07) is 0. The summed E-state index contributed by atoms with van der Waals surface area (Å²) in [7, 11) is 0.